The molecule has 1 aromatic carbocycles. The van der Waals surface area contributed by atoms with Gasteiger partial charge in [-0.3, -0.25) is 4.57 Å². The zero-order chi connectivity index (χ0) is 12.4. The normalized spacial score (nSPS) is 10.2. The number of nitriles is 1. The Morgan fingerprint density at radius 3 is 2.39 bits per heavy atom. The van der Waals surface area contributed by atoms with Crippen molar-refractivity contribution in [2.75, 3.05) is 0 Å². The zero-order valence-corrected chi connectivity index (χ0v) is 9.58. The third kappa shape index (κ3) is 1.70. The van der Waals surface area contributed by atoms with Crippen LogP contribution in [0.4, 0.5) is 0 Å². The number of aromatic nitrogens is 1. The lowest BCUT2D eigenvalue weighted by Gasteiger charge is -1.98. The Bertz CT molecular complexity index is 688. The summed E-state index contributed by atoms with van der Waals surface area (Å²) in [5.74, 6) is 1.26. The molecule has 86 valence electrons. The Hall–Kier alpha value is -2.73. The first-order valence-corrected chi connectivity index (χ1v) is 5.61. The van der Waals surface area contributed by atoms with Gasteiger partial charge in [-0.1, -0.05) is 30.3 Å². The van der Waals surface area contributed by atoms with Crippen LogP contribution in [-0.4, -0.2) is 4.57 Å². The predicted molar refractivity (Wildman–Crippen MR) is 68.2 cm³/mol. The quantitative estimate of drug-likeness (QED) is 0.679. The molecule has 3 nitrogen and oxygen atoms in total. The minimum Gasteiger partial charge on any atom is -0.438 e. The molecular formula is C15H10N2O. The summed E-state index contributed by atoms with van der Waals surface area (Å²) in [5, 5.41) is 9.15. The van der Waals surface area contributed by atoms with E-state index < -0.39 is 0 Å². The summed E-state index contributed by atoms with van der Waals surface area (Å²) in [4.78, 5) is 0. The summed E-state index contributed by atoms with van der Waals surface area (Å²) in [6.45, 7) is 0. The summed E-state index contributed by atoms with van der Waals surface area (Å²) in [7, 11) is 0. The molecule has 0 fully saturated rings. The van der Waals surface area contributed by atoms with Gasteiger partial charge in [-0.2, -0.15) is 5.26 Å². The van der Waals surface area contributed by atoms with Gasteiger partial charge in [0.1, 0.15) is 17.4 Å². The van der Waals surface area contributed by atoms with Gasteiger partial charge in [-0.05, 0) is 12.1 Å². The molecule has 0 atom stereocenters. The summed E-state index contributed by atoms with van der Waals surface area (Å²) in [5.41, 5.74) is 1.50. The number of benzene rings is 1. The van der Waals surface area contributed by atoms with Crippen LogP contribution in [0.5, 0.6) is 0 Å². The van der Waals surface area contributed by atoms with Gasteiger partial charge >= 0.3 is 0 Å². The molecule has 0 spiro atoms. The van der Waals surface area contributed by atoms with Crippen LogP contribution in [0.25, 0.3) is 17.2 Å². The summed E-state index contributed by atoms with van der Waals surface area (Å²) >= 11 is 0. The highest BCUT2D eigenvalue weighted by molar-refractivity contribution is 5.62. The second kappa shape index (κ2) is 4.27. The number of nitrogens with zero attached hydrogens (tertiary/aromatic N) is 2. The minimum atomic E-state index is 0.532. The van der Waals surface area contributed by atoms with Crippen LogP contribution in [0.15, 0.2) is 65.3 Å². The van der Waals surface area contributed by atoms with Crippen LogP contribution in [0, 0.1) is 11.3 Å². The molecule has 3 heteroatoms. The van der Waals surface area contributed by atoms with Crippen molar-refractivity contribution in [3.8, 4) is 23.3 Å². The zero-order valence-electron chi connectivity index (χ0n) is 9.58. The third-order valence-electron chi connectivity index (χ3n) is 2.73. The van der Waals surface area contributed by atoms with Crippen LogP contribution in [0.1, 0.15) is 5.56 Å². The Labute approximate surface area is 105 Å². The first-order valence-electron chi connectivity index (χ1n) is 5.61. The molecule has 3 aromatic rings. The van der Waals surface area contributed by atoms with Gasteiger partial charge in [0.2, 0.25) is 5.88 Å². The van der Waals surface area contributed by atoms with E-state index in [0.29, 0.717) is 17.2 Å². The largest absolute Gasteiger partial charge is 0.438 e. The van der Waals surface area contributed by atoms with E-state index in [1.807, 2.05) is 54.9 Å². The first kappa shape index (κ1) is 10.4. The molecule has 3 rings (SSSR count). The average molecular weight is 234 g/mol. The van der Waals surface area contributed by atoms with Crippen molar-refractivity contribution in [1.29, 1.82) is 5.26 Å². The second-order valence-corrected chi connectivity index (χ2v) is 3.90. The van der Waals surface area contributed by atoms with Crippen molar-refractivity contribution in [3.63, 3.8) is 0 Å². The average Bonchev–Trinajstić information content (AvgIpc) is 3.08. The van der Waals surface area contributed by atoms with Gasteiger partial charge < -0.3 is 4.42 Å². The molecule has 0 radical (unpaired) electrons. The Morgan fingerprint density at radius 1 is 1.00 bits per heavy atom. The lowest BCUT2D eigenvalue weighted by Crippen LogP contribution is -1.88. The van der Waals surface area contributed by atoms with Crippen LogP contribution in [0.2, 0.25) is 0 Å². The molecule has 0 amide bonds. The van der Waals surface area contributed by atoms with E-state index in [1.165, 1.54) is 0 Å². The van der Waals surface area contributed by atoms with E-state index >= 15 is 0 Å². The molecular weight excluding hydrogens is 224 g/mol. The highest BCUT2D eigenvalue weighted by Crippen LogP contribution is 2.27. The maximum atomic E-state index is 9.15. The highest BCUT2D eigenvalue weighted by atomic mass is 16.4. The van der Waals surface area contributed by atoms with Crippen molar-refractivity contribution in [3.05, 3.63) is 66.5 Å². The van der Waals surface area contributed by atoms with Gasteiger partial charge in [0, 0.05) is 24.0 Å². The topological polar surface area (TPSA) is 41.9 Å². The van der Waals surface area contributed by atoms with Gasteiger partial charge in [0.05, 0.1) is 0 Å². The van der Waals surface area contributed by atoms with Gasteiger partial charge in [-0.25, -0.2) is 0 Å². The smallest absolute Gasteiger partial charge is 0.222 e. The summed E-state index contributed by atoms with van der Waals surface area (Å²) in [6.07, 6.45) is 3.71. The molecule has 0 aliphatic heterocycles. The van der Waals surface area contributed by atoms with Crippen LogP contribution in [0.3, 0.4) is 0 Å². The molecule has 0 aliphatic carbocycles. The van der Waals surface area contributed by atoms with Gasteiger partial charge in [0.15, 0.2) is 0 Å². The maximum Gasteiger partial charge on any atom is 0.222 e. The monoisotopic (exact) mass is 234 g/mol. The fourth-order valence-electron chi connectivity index (χ4n) is 1.87. The summed E-state index contributed by atoms with van der Waals surface area (Å²) in [6, 6.07) is 17.5. The van der Waals surface area contributed by atoms with E-state index in [9.17, 15) is 0 Å². The van der Waals surface area contributed by atoms with Crippen molar-refractivity contribution >= 4 is 0 Å². The molecule has 0 N–H and O–H groups in total. The van der Waals surface area contributed by atoms with Gasteiger partial charge in [0.25, 0.3) is 0 Å². The van der Waals surface area contributed by atoms with Gasteiger partial charge in [-0.15, -0.1) is 0 Å². The number of hydrogen-bond acceptors (Lipinski definition) is 2. The van der Waals surface area contributed by atoms with Crippen LogP contribution in [-0.2, 0) is 0 Å². The van der Waals surface area contributed by atoms with Crippen LogP contribution < -0.4 is 0 Å². The standard InChI is InChI=1S/C15H10N2O/c16-11-13-10-14(12-6-2-1-3-7-12)18-15(13)17-8-4-5-9-17/h1-10H. The van der Waals surface area contributed by atoms with E-state index in [4.69, 9.17) is 9.68 Å². The van der Waals surface area contributed by atoms with E-state index in [0.717, 1.165) is 5.56 Å². The number of hydrogen-bond donors (Lipinski definition) is 0. The number of rotatable bonds is 2. The van der Waals surface area contributed by atoms with Crippen molar-refractivity contribution in [1.82, 2.24) is 4.57 Å². The molecule has 18 heavy (non-hydrogen) atoms. The lowest BCUT2D eigenvalue weighted by molar-refractivity contribution is 0.551. The SMILES string of the molecule is N#Cc1cc(-c2ccccc2)oc1-n1cccc1. The molecule has 0 saturated heterocycles. The van der Waals surface area contributed by atoms with E-state index in [1.54, 1.807) is 10.6 Å². The maximum absolute atomic E-state index is 9.15. The summed E-state index contributed by atoms with van der Waals surface area (Å²) < 4.78 is 7.57. The fraction of sp³-hybridized carbons (Fsp3) is 0. The molecule has 0 unspecified atom stereocenters. The molecule has 0 saturated carbocycles. The molecule has 0 bridgehead atoms. The lowest BCUT2D eigenvalue weighted by atomic mass is 10.1. The van der Waals surface area contributed by atoms with E-state index in [-0.39, 0.29) is 0 Å². The van der Waals surface area contributed by atoms with Crippen molar-refractivity contribution < 1.29 is 4.42 Å². The highest BCUT2D eigenvalue weighted by Gasteiger charge is 2.13. The Kier molecular flexibility index (Phi) is 2.47. The predicted octanol–water partition coefficient (Wildman–Crippen LogP) is 3.61. The minimum absolute atomic E-state index is 0.532. The van der Waals surface area contributed by atoms with E-state index in [2.05, 4.69) is 6.07 Å². The molecule has 0 aliphatic rings. The third-order valence-corrected chi connectivity index (χ3v) is 2.73. The van der Waals surface area contributed by atoms with Crippen molar-refractivity contribution in [2.45, 2.75) is 0 Å². The Balaban J connectivity index is 2.13. The fourth-order valence-corrected chi connectivity index (χ4v) is 1.87. The second-order valence-electron chi connectivity index (χ2n) is 3.90. The van der Waals surface area contributed by atoms with Crippen molar-refractivity contribution in [2.24, 2.45) is 0 Å². The van der Waals surface area contributed by atoms with Crippen LogP contribution >= 0.6 is 0 Å². The Morgan fingerprint density at radius 2 is 1.72 bits per heavy atom. The molecule has 2 aromatic heterocycles. The number of furan rings is 1. The first-order chi connectivity index (χ1) is 8.88. The molecule has 2 heterocycles.